The number of halogens is 4. The number of benzene rings is 2. The highest BCUT2D eigenvalue weighted by atomic mass is 32.2. The molecule has 0 fully saturated rings. The lowest BCUT2D eigenvalue weighted by atomic mass is 9.80. The van der Waals surface area contributed by atoms with Crippen LogP contribution >= 0.6 is 0 Å². The highest BCUT2D eigenvalue weighted by molar-refractivity contribution is 7.89. The van der Waals surface area contributed by atoms with E-state index in [0.717, 1.165) is 6.07 Å². The Kier molecular flexibility index (Phi) is 5.52. The molecule has 0 atom stereocenters. The van der Waals surface area contributed by atoms with Crippen LogP contribution in [-0.4, -0.2) is 25.6 Å². The topological polar surface area (TPSA) is 86.6 Å². The van der Waals surface area contributed by atoms with Gasteiger partial charge in [-0.15, -0.1) is 0 Å². The van der Waals surface area contributed by atoms with Gasteiger partial charge in [0.25, 0.3) is 0 Å². The molecular weight excluding hydrogens is 365 g/mol. The Bertz CT molecular complexity index is 854. The van der Waals surface area contributed by atoms with Crippen molar-refractivity contribution in [2.45, 2.75) is 17.6 Å². The molecule has 11 heteroatoms. The van der Waals surface area contributed by atoms with Crippen LogP contribution in [-0.2, 0) is 22.7 Å². The number of alkyl halides is 3. The zero-order valence-corrected chi connectivity index (χ0v) is 13.3. The normalized spacial score (nSPS) is 12.2. The molecule has 2 aromatic rings. The Morgan fingerprint density at radius 3 is 2.16 bits per heavy atom. The predicted octanol–water partition coefficient (Wildman–Crippen LogP) is 1.00. The molecule has 0 aromatic heterocycles. The van der Waals surface area contributed by atoms with Gasteiger partial charge in [0.2, 0.25) is 10.0 Å². The molecule has 0 spiro atoms. The fourth-order valence-electron chi connectivity index (χ4n) is 1.96. The van der Waals surface area contributed by atoms with Crippen molar-refractivity contribution in [3.8, 4) is 0 Å². The first-order chi connectivity index (χ1) is 11.5. The van der Waals surface area contributed by atoms with Crippen LogP contribution in [0.15, 0.2) is 47.4 Å². The van der Waals surface area contributed by atoms with Gasteiger partial charge in [-0.1, -0.05) is 24.3 Å². The second-order valence-corrected chi connectivity index (χ2v) is 6.85. The van der Waals surface area contributed by atoms with Crippen molar-refractivity contribution in [1.82, 2.24) is 4.72 Å². The standard InChI is InChI=1S/C14H12BF4NO4S/c16-13-6-5-11(7-12(13)14(17,18)19)25(23,24)20-8-9-1-3-10(4-2-9)15(21)22/h1-7,20-22H,8H2. The Morgan fingerprint density at radius 1 is 1.04 bits per heavy atom. The number of sulfonamides is 1. The average molecular weight is 377 g/mol. The molecule has 0 radical (unpaired) electrons. The third-order valence-corrected chi connectivity index (χ3v) is 4.70. The lowest BCUT2D eigenvalue weighted by Gasteiger charge is -2.11. The van der Waals surface area contributed by atoms with Gasteiger partial charge in [0.1, 0.15) is 5.82 Å². The second kappa shape index (κ2) is 7.12. The molecule has 5 nitrogen and oxygen atoms in total. The quantitative estimate of drug-likeness (QED) is 0.536. The van der Waals surface area contributed by atoms with Crippen LogP contribution in [0.4, 0.5) is 17.6 Å². The number of hydrogen-bond donors (Lipinski definition) is 3. The third kappa shape index (κ3) is 4.79. The van der Waals surface area contributed by atoms with E-state index in [9.17, 15) is 26.0 Å². The van der Waals surface area contributed by atoms with Gasteiger partial charge in [0, 0.05) is 6.54 Å². The molecule has 134 valence electrons. The first-order valence-corrected chi connectivity index (χ1v) is 8.30. The van der Waals surface area contributed by atoms with E-state index in [0.29, 0.717) is 11.6 Å². The Morgan fingerprint density at radius 2 is 1.64 bits per heavy atom. The van der Waals surface area contributed by atoms with Gasteiger partial charge in [-0.05, 0) is 29.2 Å². The summed E-state index contributed by atoms with van der Waals surface area (Å²) in [5.41, 5.74) is -1.04. The molecule has 0 bridgehead atoms. The number of hydrogen-bond acceptors (Lipinski definition) is 4. The van der Waals surface area contributed by atoms with Crippen molar-refractivity contribution < 1.29 is 36.0 Å². The molecule has 0 heterocycles. The highest BCUT2D eigenvalue weighted by Crippen LogP contribution is 2.32. The Hall–Kier alpha value is -1.95. The van der Waals surface area contributed by atoms with E-state index >= 15 is 0 Å². The van der Waals surface area contributed by atoms with Gasteiger partial charge in [-0.2, -0.15) is 13.2 Å². The average Bonchev–Trinajstić information content (AvgIpc) is 2.52. The lowest BCUT2D eigenvalue weighted by Crippen LogP contribution is -2.30. The van der Waals surface area contributed by atoms with Gasteiger partial charge in [-0.25, -0.2) is 17.5 Å². The van der Waals surface area contributed by atoms with Gasteiger partial charge in [0.05, 0.1) is 10.5 Å². The molecule has 2 rings (SSSR count). The van der Waals surface area contributed by atoms with Crippen LogP contribution in [0.25, 0.3) is 0 Å². The molecular formula is C14H12BF4NO4S. The van der Waals surface area contributed by atoms with Crippen molar-refractivity contribution in [3.63, 3.8) is 0 Å². The van der Waals surface area contributed by atoms with E-state index in [4.69, 9.17) is 10.0 Å². The third-order valence-electron chi connectivity index (χ3n) is 3.30. The first kappa shape index (κ1) is 19.4. The van der Waals surface area contributed by atoms with E-state index in [-0.39, 0.29) is 18.1 Å². The van der Waals surface area contributed by atoms with Crippen molar-refractivity contribution in [3.05, 3.63) is 59.4 Å². The highest BCUT2D eigenvalue weighted by Gasteiger charge is 2.35. The minimum absolute atomic E-state index is 0.194. The van der Waals surface area contributed by atoms with Crippen LogP contribution in [0.5, 0.6) is 0 Å². The molecule has 0 amide bonds. The van der Waals surface area contributed by atoms with Crippen molar-refractivity contribution in [2.24, 2.45) is 0 Å². The van der Waals surface area contributed by atoms with Crippen molar-refractivity contribution in [2.75, 3.05) is 0 Å². The van der Waals surface area contributed by atoms with Crippen molar-refractivity contribution >= 4 is 22.6 Å². The van der Waals surface area contributed by atoms with Crippen LogP contribution in [0.1, 0.15) is 11.1 Å². The molecule has 0 aliphatic rings. The fourth-order valence-corrected chi connectivity index (χ4v) is 3.00. The second-order valence-electron chi connectivity index (χ2n) is 5.08. The molecule has 0 unspecified atom stereocenters. The van der Waals surface area contributed by atoms with Crippen LogP contribution in [0.2, 0.25) is 0 Å². The van der Waals surface area contributed by atoms with Crippen LogP contribution < -0.4 is 10.2 Å². The molecule has 0 saturated carbocycles. The zero-order chi connectivity index (χ0) is 18.8. The van der Waals surface area contributed by atoms with Gasteiger partial charge in [0.15, 0.2) is 0 Å². The summed E-state index contributed by atoms with van der Waals surface area (Å²) in [5.74, 6) is -1.57. The molecule has 0 saturated heterocycles. The van der Waals surface area contributed by atoms with Gasteiger partial charge in [-0.3, -0.25) is 0 Å². The van der Waals surface area contributed by atoms with E-state index in [2.05, 4.69) is 4.72 Å². The summed E-state index contributed by atoms with van der Waals surface area (Å²) in [7, 11) is -5.98. The summed E-state index contributed by atoms with van der Waals surface area (Å²) in [6, 6.07) is 6.95. The Labute approximate surface area is 141 Å². The summed E-state index contributed by atoms with van der Waals surface area (Å²) in [5, 5.41) is 17.9. The lowest BCUT2D eigenvalue weighted by molar-refractivity contribution is -0.140. The predicted molar refractivity (Wildman–Crippen MR) is 81.7 cm³/mol. The van der Waals surface area contributed by atoms with Crippen LogP contribution in [0.3, 0.4) is 0 Å². The molecule has 3 N–H and O–H groups in total. The van der Waals surface area contributed by atoms with Crippen LogP contribution in [0, 0.1) is 5.82 Å². The smallest absolute Gasteiger partial charge is 0.423 e. The van der Waals surface area contributed by atoms with E-state index in [1.54, 1.807) is 0 Å². The summed E-state index contributed by atoms with van der Waals surface area (Å²) in [6.07, 6.45) is -5.02. The van der Waals surface area contributed by atoms with E-state index in [1.807, 2.05) is 0 Å². The molecule has 2 aromatic carbocycles. The number of rotatable bonds is 5. The summed E-state index contributed by atoms with van der Waals surface area (Å²) >= 11 is 0. The monoisotopic (exact) mass is 377 g/mol. The summed E-state index contributed by atoms with van der Waals surface area (Å²) in [4.78, 5) is -0.719. The van der Waals surface area contributed by atoms with Crippen molar-refractivity contribution in [1.29, 1.82) is 0 Å². The summed E-state index contributed by atoms with van der Waals surface area (Å²) in [6.45, 7) is -0.247. The van der Waals surface area contributed by atoms with Gasteiger partial charge >= 0.3 is 13.3 Å². The largest absolute Gasteiger partial charge is 0.488 e. The molecule has 25 heavy (non-hydrogen) atoms. The maximum absolute atomic E-state index is 13.2. The Balaban J connectivity index is 2.19. The minimum atomic E-state index is -5.02. The van der Waals surface area contributed by atoms with Gasteiger partial charge < -0.3 is 10.0 Å². The summed E-state index contributed by atoms with van der Waals surface area (Å²) < 4.78 is 77.5. The minimum Gasteiger partial charge on any atom is -0.423 e. The first-order valence-electron chi connectivity index (χ1n) is 6.82. The molecule has 0 aliphatic carbocycles. The zero-order valence-electron chi connectivity index (χ0n) is 12.5. The maximum Gasteiger partial charge on any atom is 0.488 e. The van der Waals surface area contributed by atoms with E-state index in [1.165, 1.54) is 24.3 Å². The fraction of sp³-hybridized carbons (Fsp3) is 0.143. The van der Waals surface area contributed by atoms with E-state index < -0.39 is 39.6 Å². The molecule has 0 aliphatic heterocycles. The maximum atomic E-state index is 13.2. The number of nitrogens with one attached hydrogen (secondary N) is 1. The SMILES string of the molecule is O=S(=O)(NCc1ccc(B(O)O)cc1)c1ccc(F)c(C(F)(F)F)c1.